The fourth-order valence-corrected chi connectivity index (χ4v) is 1.72. The Labute approximate surface area is 76.4 Å². The van der Waals surface area contributed by atoms with Gasteiger partial charge in [0.1, 0.15) is 0 Å². The molecule has 2 heterocycles. The molecule has 4 heteroatoms. The van der Waals surface area contributed by atoms with Crippen LogP contribution in [0.4, 0.5) is 15.8 Å². The lowest BCUT2D eigenvalue weighted by Gasteiger charge is -2.19. The Kier molecular flexibility index (Phi) is 2.04. The summed E-state index contributed by atoms with van der Waals surface area (Å²) >= 11 is 0. The highest BCUT2D eigenvalue weighted by Gasteiger charge is 2.18. The Balaban J connectivity index is 2.37. The Hall–Kier alpha value is -1.32. The van der Waals surface area contributed by atoms with E-state index in [1.54, 1.807) is 0 Å². The number of hydrogen-bond acceptors (Lipinski definition) is 3. The number of hydrogen-bond donors (Lipinski definition) is 1. The normalized spacial score (nSPS) is 16.5. The highest BCUT2D eigenvalue weighted by molar-refractivity contribution is 5.67. The van der Waals surface area contributed by atoms with Crippen molar-refractivity contribution in [2.45, 2.75) is 12.8 Å². The molecule has 13 heavy (non-hydrogen) atoms. The van der Waals surface area contributed by atoms with Crippen LogP contribution in [0.15, 0.2) is 12.4 Å². The predicted octanol–water partition coefficient (Wildman–Crippen LogP) is 1.40. The number of aromatic nitrogens is 1. The zero-order valence-electron chi connectivity index (χ0n) is 7.33. The number of nitrogens with zero attached hydrogens (tertiary/aromatic N) is 2. The first-order valence-electron chi connectivity index (χ1n) is 4.43. The summed E-state index contributed by atoms with van der Waals surface area (Å²) in [5, 5.41) is 0. The maximum absolute atomic E-state index is 13.3. The first-order chi connectivity index (χ1) is 6.29. The van der Waals surface area contributed by atoms with Crippen LogP contribution in [-0.4, -0.2) is 18.1 Å². The van der Waals surface area contributed by atoms with E-state index >= 15 is 0 Å². The van der Waals surface area contributed by atoms with Crippen molar-refractivity contribution in [3.63, 3.8) is 0 Å². The molecule has 0 amide bonds. The number of nitrogen functional groups attached to an aromatic ring is 1. The number of anilines is 2. The lowest BCUT2D eigenvalue weighted by molar-refractivity contribution is 0.618. The number of pyridine rings is 1. The van der Waals surface area contributed by atoms with Crippen LogP contribution in [0.5, 0.6) is 0 Å². The minimum atomic E-state index is -0.318. The van der Waals surface area contributed by atoms with E-state index in [1.807, 2.05) is 4.90 Å². The maximum atomic E-state index is 13.3. The SMILES string of the molecule is Nc1cncc(F)c1N1CCCC1. The zero-order valence-corrected chi connectivity index (χ0v) is 7.33. The van der Waals surface area contributed by atoms with Crippen LogP contribution in [0.2, 0.25) is 0 Å². The third kappa shape index (κ3) is 1.43. The van der Waals surface area contributed by atoms with Crippen LogP contribution >= 0.6 is 0 Å². The smallest absolute Gasteiger partial charge is 0.166 e. The largest absolute Gasteiger partial charge is 0.396 e. The molecule has 1 aliphatic heterocycles. The average Bonchev–Trinajstić information content (AvgIpc) is 2.57. The van der Waals surface area contributed by atoms with Gasteiger partial charge in [-0.25, -0.2) is 4.39 Å². The van der Waals surface area contributed by atoms with Crippen molar-refractivity contribution >= 4 is 11.4 Å². The molecule has 2 rings (SSSR count). The summed E-state index contributed by atoms with van der Waals surface area (Å²) in [6.45, 7) is 1.79. The van der Waals surface area contributed by atoms with E-state index in [0.29, 0.717) is 11.4 Å². The fraction of sp³-hybridized carbons (Fsp3) is 0.444. The summed E-state index contributed by atoms with van der Waals surface area (Å²) < 4.78 is 13.3. The molecule has 0 aliphatic carbocycles. The summed E-state index contributed by atoms with van der Waals surface area (Å²) in [4.78, 5) is 5.67. The Morgan fingerprint density at radius 1 is 1.31 bits per heavy atom. The zero-order chi connectivity index (χ0) is 9.26. The van der Waals surface area contributed by atoms with E-state index in [0.717, 1.165) is 25.9 Å². The molecule has 0 spiro atoms. The maximum Gasteiger partial charge on any atom is 0.166 e. The van der Waals surface area contributed by atoms with E-state index in [4.69, 9.17) is 5.73 Å². The molecule has 1 saturated heterocycles. The fourth-order valence-electron chi connectivity index (χ4n) is 1.72. The first-order valence-corrected chi connectivity index (χ1v) is 4.43. The van der Waals surface area contributed by atoms with Crippen molar-refractivity contribution in [3.8, 4) is 0 Å². The van der Waals surface area contributed by atoms with Gasteiger partial charge in [-0.1, -0.05) is 0 Å². The molecule has 0 unspecified atom stereocenters. The first kappa shape index (κ1) is 8.29. The molecule has 0 bridgehead atoms. The molecule has 1 aromatic rings. The highest BCUT2D eigenvalue weighted by Crippen LogP contribution is 2.28. The molecule has 3 nitrogen and oxygen atoms in total. The van der Waals surface area contributed by atoms with E-state index in [2.05, 4.69) is 4.98 Å². The van der Waals surface area contributed by atoms with Crippen molar-refractivity contribution in [2.24, 2.45) is 0 Å². The van der Waals surface area contributed by atoms with Gasteiger partial charge in [0, 0.05) is 13.1 Å². The van der Waals surface area contributed by atoms with Gasteiger partial charge < -0.3 is 10.6 Å². The molecule has 1 aliphatic rings. The van der Waals surface area contributed by atoms with Crippen molar-refractivity contribution < 1.29 is 4.39 Å². The molecule has 0 saturated carbocycles. The molecule has 1 fully saturated rings. The summed E-state index contributed by atoms with van der Waals surface area (Å²) in [6.07, 6.45) is 4.93. The minimum absolute atomic E-state index is 0.318. The van der Waals surface area contributed by atoms with Gasteiger partial charge in [-0.05, 0) is 12.8 Å². The van der Waals surface area contributed by atoms with Gasteiger partial charge in [0.05, 0.1) is 23.8 Å². The van der Waals surface area contributed by atoms with Gasteiger partial charge in [-0.3, -0.25) is 4.98 Å². The molecule has 70 valence electrons. The highest BCUT2D eigenvalue weighted by atomic mass is 19.1. The number of halogens is 1. The van der Waals surface area contributed by atoms with Crippen LogP contribution in [0.1, 0.15) is 12.8 Å². The van der Waals surface area contributed by atoms with Crippen molar-refractivity contribution in [2.75, 3.05) is 23.7 Å². The van der Waals surface area contributed by atoms with E-state index < -0.39 is 0 Å². The van der Waals surface area contributed by atoms with Crippen LogP contribution in [0.25, 0.3) is 0 Å². The van der Waals surface area contributed by atoms with Crippen LogP contribution in [0.3, 0.4) is 0 Å². The summed E-state index contributed by atoms with van der Waals surface area (Å²) in [6, 6.07) is 0. The van der Waals surface area contributed by atoms with Gasteiger partial charge in [0.2, 0.25) is 0 Å². The third-order valence-electron chi connectivity index (χ3n) is 2.32. The molecule has 0 radical (unpaired) electrons. The molecular formula is C9H12FN3. The molecular weight excluding hydrogens is 169 g/mol. The third-order valence-corrected chi connectivity index (χ3v) is 2.32. The second kappa shape index (κ2) is 3.20. The van der Waals surface area contributed by atoms with E-state index in [1.165, 1.54) is 12.4 Å². The Morgan fingerprint density at radius 3 is 2.62 bits per heavy atom. The van der Waals surface area contributed by atoms with Gasteiger partial charge in [0.25, 0.3) is 0 Å². The van der Waals surface area contributed by atoms with E-state index in [-0.39, 0.29) is 5.82 Å². The van der Waals surface area contributed by atoms with Gasteiger partial charge in [-0.15, -0.1) is 0 Å². The van der Waals surface area contributed by atoms with Gasteiger partial charge in [-0.2, -0.15) is 0 Å². The topological polar surface area (TPSA) is 42.1 Å². The minimum Gasteiger partial charge on any atom is -0.396 e. The van der Waals surface area contributed by atoms with Crippen molar-refractivity contribution in [1.29, 1.82) is 0 Å². The standard InChI is InChI=1S/C9H12FN3/c10-7-5-12-6-8(11)9(7)13-3-1-2-4-13/h5-6H,1-4,11H2. The Morgan fingerprint density at radius 2 is 2.00 bits per heavy atom. The average molecular weight is 181 g/mol. The Bertz CT molecular complexity index is 287. The lowest BCUT2D eigenvalue weighted by atomic mass is 10.3. The van der Waals surface area contributed by atoms with Gasteiger partial charge in [0.15, 0.2) is 5.82 Å². The van der Waals surface area contributed by atoms with Crippen LogP contribution < -0.4 is 10.6 Å². The molecule has 1 aromatic heterocycles. The number of nitrogens with two attached hydrogens (primary N) is 1. The summed E-state index contributed by atoms with van der Waals surface area (Å²) in [5.41, 5.74) is 6.61. The van der Waals surface area contributed by atoms with Crippen molar-refractivity contribution in [3.05, 3.63) is 18.2 Å². The van der Waals surface area contributed by atoms with Gasteiger partial charge >= 0.3 is 0 Å². The molecule has 0 aromatic carbocycles. The second-order valence-electron chi connectivity index (χ2n) is 3.25. The number of rotatable bonds is 1. The summed E-state index contributed by atoms with van der Waals surface area (Å²) in [7, 11) is 0. The molecule has 0 atom stereocenters. The summed E-state index contributed by atoms with van der Waals surface area (Å²) in [5.74, 6) is -0.318. The lowest BCUT2D eigenvalue weighted by Crippen LogP contribution is -2.20. The quantitative estimate of drug-likeness (QED) is 0.712. The molecule has 2 N–H and O–H groups in total. The van der Waals surface area contributed by atoms with Crippen LogP contribution in [-0.2, 0) is 0 Å². The second-order valence-corrected chi connectivity index (χ2v) is 3.25. The predicted molar refractivity (Wildman–Crippen MR) is 50.1 cm³/mol. The van der Waals surface area contributed by atoms with E-state index in [9.17, 15) is 4.39 Å². The van der Waals surface area contributed by atoms with Crippen LogP contribution in [0, 0.1) is 5.82 Å². The van der Waals surface area contributed by atoms with Crippen molar-refractivity contribution in [1.82, 2.24) is 4.98 Å². The monoisotopic (exact) mass is 181 g/mol.